The maximum Gasteiger partial charge on any atom is 0.144 e. The highest BCUT2D eigenvalue weighted by molar-refractivity contribution is 6.35. The van der Waals surface area contributed by atoms with Crippen LogP contribution in [0, 0.1) is 13.8 Å². The number of phenols is 1. The molecule has 0 unspecified atom stereocenters. The van der Waals surface area contributed by atoms with Gasteiger partial charge in [0, 0.05) is 0 Å². The predicted octanol–water partition coefficient (Wildman–Crippen LogP) is 0.830. The molecule has 0 spiro atoms. The average molecular weight is 162 g/mol. The average Bonchev–Trinajstić information content (AvgIpc) is 2.08. The standard InChI is InChI=1S/C10H15BO/c1-4-8-5-6(2)7(3)9(11)10(8)12/h5,12H,4,11H2,1-3H3. The molecule has 1 aromatic carbocycles. The van der Waals surface area contributed by atoms with Gasteiger partial charge in [-0.15, -0.1) is 0 Å². The second-order valence-corrected chi connectivity index (χ2v) is 3.30. The second kappa shape index (κ2) is 3.22. The third kappa shape index (κ3) is 1.34. The Morgan fingerprint density at radius 1 is 1.42 bits per heavy atom. The molecule has 12 heavy (non-hydrogen) atoms. The summed E-state index contributed by atoms with van der Waals surface area (Å²) in [5.41, 5.74) is 4.54. The first-order chi connectivity index (χ1) is 5.57. The number of rotatable bonds is 1. The lowest BCUT2D eigenvalue weighted by molar-refractivity contribution is 0.473. The molecule has 0 aromatic heterocycles. The summed E-state index contributed by atoms with van der Waals surface area (Å²) in [5.74, 6) is 0.473. The summed E-state index contributed by atoms with van der Waals surface area (Å²) in [6.07, 6.45) is 0.897. The van der Waals surface area contributed by atoms with E-state index in [9.17, 15) is 5.11 Å². The Bertz CT molecular complexity index is 305. The van der Waals surface area contributed by atoms with Crippen molar-refractivity contribution in [1.82, 2.24) is 0 Å². The van der Waals surface area contributed by atoms with Gasteiger partial charge < -0.3 is 5.11 Å². The SMILES string of the molecule is Bc1c(C)c(C)cc(CC)c1O. The molecule has 0 aliphatic rings. The topological polar surface area (TPSA) is 20.2 Å². The Balaban J connectivity index is 3.39. The Morgan fingerprint density at radius 2 is 2.00 bits per heavy atom. The van der Waals surface area contributed by atoms with Crippen LogP contribution in [0.2, 0.25) is 0 Å². The molecule has 0 radical (unpaired) electrons. The van der Waals surface area contributed by atoms with Crippen molar-refractivity contribution >= 4 is 13.3 Å². The second-order valence-electron chi connectivity index (χ2n) is 3.30. The zero-order valence-electron chi connectivity index (χ0n) is 8.23. The molecule has 0 aliphatic carbocycles. The van der Waals surface area contributed by atoms with E-state index in [0.29, 0.717) is 5.75 Å². The smallest absolute Gasteiger partial charge is 0.144 e. The number of hydrogen-bond acceptors (Lipinski definition) is 1. The van der Waals surface area contributed by atoms with E-state index in [1.165, 1.54) is 11.1 Å². The molecule has 1 nitrogen and oxygen atoms in total. The van der Waals surface area contributed by atoms with Crippen molar-refractivity contribution in [3.8, 4) is 5.75 Å². The fourth-order valence-corrected chi connectivity index (χ4v) is 1.42. The van der Waals surface area contributed by atoms with Crippen LogP contribution in [0.3, 0.4) is 0 Å². The quantitative estimate of drug-likeness (QED) is 0.606. The minimum atomic E-state index is 0.473. The van der Waals surface area contributed by atoms with E-state index in [0.717, 1.165) is 17.4 Å². The van der Waals surface area contributed by atoms with E-state index in [1.54, 1.807) is 0 Å². The molecule has 0 amide bonds. The minimum absolute atomic E-state index is 0.473. The van der Waals surface area contributed by atoms with Gasteiger partial charge >= 0.3 is 0 Å². The van der Waals surface area contributed by atoms with Crippen LogP contribution in [0.1, 0.15) is 23.6 Å². The van der Waals surface area contributed by atoms with E-state index in [2.05, 4.69) is 19.9 Å². The number of aromatic hydroxyl groups is 1. The lowest BCUT2D eigenvalue weighted by atomic mass is 9.85. The molecule has 0 heterocycles. The number of phenolic OH excluding ortho intramolecular Hbond substituents is 1. The summed E-state index contributed by atoms with van der Waals surface area (Å²) in [7, 11) is 1.97. The maximum atomic E-state index is 9.70. The molecule has 0 aliphatic heterocycles. The van der Waals surface area contributed by atoms with Gasteiger partial charge in [-0.1, -0.05) is 18.6 Å². The van der Waals surface area contributed by atoms with E-state index in [4.69, 9.17) is 0 Å². The van der Waals surface area contributed by atoms with Crippen molar-refractivity contribution in [2.45, 2.75) is 27.2 Å². The Hall–Kier alpha value is -0.915. The number of aryl methyl sites for hydroxylation is 2. The monoisotopic (exact) mass is 162 g/mol. The first kappa shape index (κ1) is 9.18. The van der Waals surface area contributed by atoms with E-state index in [1.807, 2.05) is 14.8 Å². The van der Waals surface area contributed by atoms with Crippen LogP contribution in [0.25, 0.3) is 0 Å². The highest BCUT2D eigenvalue weighted by atomic mass is 16.3. The predicted molar refractivity (Wildman–Crippen MR) is 55.1 cm³/mol. The van der Waals surface area contributed by atoms with Crippen molar-refractivity contribution in [2.24, 2.45) is 0 Å². The van der Waals surface area contributed by atoms with Gasteiger partial charge in [0.2, 0.25) is 0 Å². The lowest BCUT2D eigenvalue weighted by Crippen LogP contribution is -2.11. The third-order valence-corrected chi connectivity index (χ3v) is 2.59. The minimum Gasteiger partial charge on any atom is -0.508 e. The first-order valence-corrected chi connectivity index (χ1v) is 4.36. The molecular formula is C10H15BO. The van der Waals surface area contributed by atoms with Crippen LogP contribution in [0.15, 0.2) is 6.07 Å². The summed E-state index contributed by atoms with van der Waals surface area (Å²) in [6, 6.07) is 2.07. The van der Waals surface area contributed by atoms with Gasteiger partial charge in [-0.2, -0.15) is 0 Å². The summed E-state index contributed by atoms with van der Waals surface area (Å²) >= 11 is 0. The van der Waals surface area contributed by atoms with Crippen LogP contribution in [-0.2, 0) is 6.42 Å². The number of benzene rings is 1. The highest BCUT2D eigenvalue weighted by Gasteiger charge is 2.06. The zero-order chi connectivity index (χ0) is 9.30. The zero-order valence-corrected chi connectivity index (χ0v) is 8.23. The van der Waals surface area contributed by atoms with Gasteiger partial charge in [0.05, 0.1) is 0 Å². The van der Waals surface area contributed by atoms with Crippen LogP contribution < -0.4 is 5.46 Å². The van der Waals surface area contributed by atoms with E-state index < -0.39 is 0 Å². The first-order valence-electron chi connectivity index (χ1n) is 4.36. The molecule has 0 saturated carbocycles. The largest absolute Gasteiger partial charge is 0.508 e. The lowest BCUT2D eigenvalue weighted by Gasteiger charge is -2.11. The van der Waals surface area contributed by atoms with Gasteiger partial charge in [0.15, 0.2) is 0 Å². The van der Waals surface area contributed by atoms with E-state index in [-0.39, 0.29) is 0 Å². The van der Waals surface area contributed by atoms with Crippen LogP contribution in [0.5, 0.6) is 5.75 Å². The summed E-state index contributed by atoms with van der Waals surface area (Å²) < 4.78 is 0. The summed E-state index contributed by atoms with van der Waals surface area (Å²) in [4.78, 5) is 0. The summed E-state index contributed by atoms with van der Waals surface area (Å²) in [5, 5.41) is 9.70. The molecule has 0 fully saturated rings. The van der Waals surface area contributed by atoms with Gasteiger partial charge in [-0.25, -0.2) is 0 Å². The highest BCUT2D eigenvalue weighted by Crippen LogP contribution is 2.18. The van der Waals surface area contributed by atoms with Gasteiger partial charge in [0.1, 0.15) is 13.6 Å². The van der Waals surface area contributed by atoms with Crippen LogP contribution in [0.4, 0.5) is 0 Å². The van der Waals surface area contributed by atoms with Crippen molar-refractivity contribution < 1.29 is 5.11 Å². The third-order valence-electron chi connectivity index (χ3n) is 2.59. The van der Waals surface area contributed by atoms with Gasteiger partial charge in [-0.3, -0.25) is 0 Å². The molecular weight excluding hydrogens is 147 g/mol. The molecule has 0 bridgehead atoms. The maximum absolute atomic E-state index is 9.70. The van der Waals surface area contributed by atoms with Crippen molar-refractivity contribution in [1.29, 1.82) is 0 Å². The van der Waals surface area contributed by atoms with Crippen molar-refractivity contribution in [3.63, 3.8) is 0 Å². The molecule has 0 atom stereocenters. The fraction of sp³-hybridized carbons (Fsp3) is 0.400. The van der Waals surface area contributed by atoms with Crippen LogP contribution in [-0.4, -0.2) is 13.0 Å². The fourth-order valence-electron chi connectivity index (χ4n) is 1.42. The molecule has 2 heteroatoms. The Kier molecular flexibility index (Phi) is 2.46. The van der Waals surface area contributed by atoms with Crippen LogP contribution >= 0.6 is 0 Å². The number of hydrogen-bond donors (Lipinski definition) is 1. The Labute approximate surface area is 74.8 Å². The van der Waals surface area contributed by atoms with Gasteiger partial charge in [-0.05, 0) is 36.9 Å². The van der Waals surface area contributed by atoms with Gasteiger partial charge in [0.25, 0.3) is 0 Å². The molecule has 1 rings (SSSR count). The van der Waals surface area contributed by atoms with E-state index >= 15 is 0 Å². The van der Waals surface area contributed by atoms with Crippen molar-refractivity contribution in [2.75, 3.05) is 0 Å². The molecule has 64 valence electrons. The summed E-state index contributed by atoms with van der Waals surface area (Å²) in [6.45, 7) is 6.19. The molecule has 1 aromatic rings. The normalized spacial score (nSPS) is 10.2. The van der Waals surface area contributed by atoms with Crippen molar-refractivity contribution in [3.05, 3.63) is 22.8 Å². The Morgan fingerprint density at radius 3 is 2.50 bits per heavy atom. The molecule has 1 N–H and O–H groups in total. The molecule has 0 saturated heterocycles.